The van der Waals surface area contributed by atoms with Crippen LogP contribution < -0.4 is 16.8 Å². The van der Waals surface area contributed by atoms with E-state index in [9.17, 15) is 27.2 Å². The van der Waals surface area contributed by atoms with Crippen LogP contribution in [0, 0.1) is 23.3 Å². The molecule has 0 aliphatic carbocycles. The Kier molecular flexibility index (Phi) is 6.11. The van der Waals surface area contributed by atoms with Crippen molar-refractivity contribution in [2.24, 2.45) is 5.73 Å². The van der Waals surface area contributed by atoms with Crippen molar-refractivity contribution in [2.75, 3.05) is 5.73 Å². The summed E-state index contributed by atoms with van der Waals surface area (Å²) in [5, 5.41) is 2.09. The number of aromatic nitrogens is 3. The Labute approximate surface area is 192 Å². The van der Waals surface area contributed by atoms with E-state index in [4.69, 9.17) is 11.5 Å². The standard InChI is InChI=1S/C21H14F4N6O2S/c22-13-12-8(5-28-17(12)16(25)15(24)14(13)23)6-30-21(33)18-19(26)29-7-11(31-18)34-10-4-2-1-3-9(10)20(27)32/h1-5,7,28H,6H2,(H2,26,29)(H2,27,32)(H,30,33). The maximum atomic E-state index is 14.2. The van der Waals surface area contributed by atoms with Gasteiger partial charge in [-0.1, -0.05) is 23.9 Å². The Hall–Kier alpha value is -4.13. The first-order chi connectivity index (χ1) is 16.2. The van der Waals surface area contributed by atoms with E-state index < -0.39 is 46.0 Å². The van der Waals surface area contributed by atoms with E-state index in [2.05, 4.69) is 20.3 Å². The molecule has 2 heterocycles. The van der Waals surface area contributed by atoms with Crippen molar-refractivity contribution >= 4 is 40.3 Å². The normalized spacial score (nSPS) is 11.1. The topological polar surface area (TPSA) is 140 Å². The van der Waals surface area contributed by atoms with E-state index in [0.717, 1.165) is 18.0 Å². The van der Waals surface area contributed by atoms with Crippen LogP contribution in [0.25, 0.3) is 10.9 Å². The maximum Gasteiger partial charge on any atom is 0.274 e. The number of nitrogens with one attached hydrogen (secondary N) is 2. The number of nitrogen functional groups attached to an aromatic ring is 1. The molecule has 0 fully saturated rings. The molecule has 2 aromatic carbocycles. The predicted molar refractivity (Wildman–Crippen MR) is 115 cm³/mol. The van der Waals surface area contributed by atoms with Gasteiger partial charge in [0.2, 0.25) is 5.91 Å². The van der Waals surface area contributed by atoms with E-state index >= 15 is 0 Å². The molecule has 0 aliphatic heterocycles. The van der Waals surface area contributed by atoms with Gasteiger partial charge in [-0.2, -0.15) is 0 Å². The molecule has 0 radical (unpaired) electrons. The monoisotopic (exact) mass is 490 g/mol. The molecule has 0 atom stereocenters. The van der Waals surface area contributed by atoms with Crippen LogP contribution in [0.1, 0.15) is 26.4 Å². The predicted octanol–water partition coefficient (Wildman–Crippen LogP) is 3.28. The molecule has 0 spiro atoms. The van der Waals surface area contributed by atoms with Crippen LogP contribution in [-0.2, 0) is 6.54 Å². The third-order valence-electron chi connectivity index (χ3n) is 4.78. The number of rotatable bonds is 6. The molecular weight excluding hydrogens is 476 g/mol. The maximum absolute atomic E-state index is 14.2. The summed E-state index contributed by atoms with van der Waals surface area (Å²) in [7, 11) is 0. The van der Waals surface area contributed by atoms with Crippen molar-refractivity contribution in [1.29, 1.82) is 0 Å². The quantitative estimate of drug-likeness (QED) is 0.186. The first kappa shape index (κ1) is 23.0. The number of nitrogens with zero attached hydrogens (tertiary/aromatic N) is 2. The minimum Gasteiger partial charge on any atom is -0.382 e. The van der Waals surface area contributed by atoms with Crippen molar-refractivity contribution in [3.05, 3.63) is 76.7 Å². The average Bonchev–Trinajstić information content (AvgIpc) is 3.25. The third-order valence-corrected chi connectivity index (χ3v) is 5.76. The van der Waals surface area contributed by atoms with Gasteiger partial charge in [0.25, 0.3) is 5.91 Å². The Morgan fingerprint density at radius 1 is 1.06 bits per heavy atom. The van der Waals surface area contributed by atoms with E-state index in [1.807, 2.05) is 0 Å². The van der Waals surface area contributed by atoms with Gasteiger partial charge < -0.3 is 21.8 Å². The van der Waals surface area contributed by atoms with Crippen LogP contribution in [0.5, 0.6) is 0 Å². The molecule has 2 amide bonds. The van der Waals surface area contributed by atoms with Crippen LogP contribution >= 0.6 is 11.8 Å². The minimum absolute atomic E-state index is 0.0360. The third kappa shape index (κ3) is 4.12. The van der Waals surface area contributed by atoms with Gasteiger partial charge in [-0.05, 0) is 17.7 Å². The van der Waals surface area contributed by atoms with Gasteiger partial charge in [-0.15, -0.1) is 0 Å². The molecule has 0 saturated heterocycles. The highest BCUT2D eigenvalue weighted by molar-refractivity contribution is 7.99. The van der Waals surface area contributed by atoms with E-state index in [1.54, 1.807) is 18.2 Å². The molecule has 13 heteroatoms. The Morgan fingerprint density at radius 2 is 1.76 bits per heavy atom. The molecule has 8 nitrogen and oxygen atoms in total. The van der Waals surface area contributed by atoms with Gasteiger partial charge in [-0.3, -0.25) is 9.59 Å². The number of anilines is 1. The van der Waals surface area contributed by atoms with Crippen LogP contribution in [0.4, 0.5) is 23.4 Å². The van der Waals surface area contributed by atoms with Crippen molar-refractivity contribution < 1.29 is 27.2 Å². The van der Waals surface area contributed by atoms with Crippen molar-refractivity contribution in [3.8, 4) is 0 Å². The summed E-state index contributed by atoms with van der Waals surface area (Å²) in [6, 6.07) is 6.48. The van der Waals surface area contributed by atoms with Crippen LogP contribution in [-0.4, -0.2) is 26.8 Å². The summed E-state index contributed by atoms with van der Waals surface area (Å²) in [4.78, 5) is 35.1. The highest BCUT2D eigenvalue weighted by atomic mass is 32.2. The minimum atomic E-state index is -1.96. The van der Waals surface area contributed by atoms with Gasteiger partial charge in [0.05, 0.1) is 17.3 Å². The van der Waals surface area contributed by atoms with Gasteiger partial charge in [0, 0.05) is 23.0 Å². The van der Waals surface area contributed by atoms with Crippen molar-refractivity contribution in [3.63, 3.8) is 0 Å². The van der Waals surface area contributed by atoms with Crippen LogP contribution in [0.2, 0.25) is 0 Å². The number of carbonyl (C=O) groups is 2. The molecule has 0 saturated carbocycles. The number of primary amides is 1. The van der Waals surface area contributed by atoms with Crippen molar-refractivity contribution in [1.82, 2.24) is 20.3 Å². The van der Waals surface area contributed by atoms with Crippen molar-refractivity contribution in [2.45, 2.75) is 16.5 Å². The molecule has 34 heavy (non-hydrogen) atoms. The lowest BCUT2D eigenvalue weighted by Crippen LogP contribution is -2.25. The molecule has 4 rings (SSSR count). The Bertz CT molecular complexity index is 1460. The number of hydrogen-bond acceptors (Lipinski definition) is 6. The number of benzene rings is 2. The molecule has 0 aliphatic rings. The fraction of sp³-hybridized carbons (Fsp3) is 0.0476. The second-order valence-electron chi connectivity index (χ2n) is 6.91. The highest BCUT2D eigenvalue weighted by Crippen LogP contribution is 2.30. The van der Waals surface area contributed by atoms with Gasteiger partial charge >= 0.3 is 0 Å². The van der Waals surface area contributed by atoms with E-state index in [-0.39, 0.29) is 34.2 Å². The van der Waals surface area contributed by atoms with Crippen LogP contribution in [0.15, 0.2) is 46.6 Å². The Morgan fingerprint density at radius 3 is 2.50 bits per heavy atom. The average molecular weight is 490 g/mol. The zero-order chi connectivity index (χ0) is 24.6. The molecule has 2 aromatic heterocycles. The summed E-state index contributed by atoms with van der Waals surface area (Å²) < 4.78 is 55.2. The number of nitrogens with two attached hydrogens (primary N) is 2. The van der Waals surface area contributed by atoms with E-state index in [1.165, 1.54) is 12.3 Å². The summed E-state index contributed by atoms with van der Waals surface area (Å²) in [6.07, 6.45) is 2.40. The van der Waals surface area contributed by atoms with Gasteiger partial charge in [-0.25, -0.2) is 27.5 Å². The number of carbonyl (C=O) groups excluding carboxylic acids is 2. The van der Waals surface area contributed by atoms with Crippen LogP contribution in [0.3, 0.4) is 0 Å². The summed E-state index contributed by atoms with van der Waals surface area (Å²) in [6.45, 7) is -0.386. The largest absolute Gasteiger partial charge is 0.382 e. The first-order valence-corrected chi connectivity index (χ1v) is 10.3. The highest BCUT2D eigenvalue weighted by Gasteiger charge is 2.24. The number of hydrogen-bond donors (Lipinski definition) is 4. The zero-order valence-electron chi connectivity index (χ0n) is 17.0. The Balaban J connectivity index is 1.58. The summed E-state index contributed by atoms with van der Waals surface area (Å²) in [5.74, 6) is -8.76. The molecule has 6 N–H and O–H groups in total. The number of fused-ring (bicyclic) bond motifs is 1. The molecule has 0 unspecified atom stereocenters. The lowest BCUT2D eigenvalue weighted by Gasteiger charge is -2.09. The first-order valence-electron chi connectivity index (χ1n) is 9.48. The fourth-order valence-electron chi connectivity index (χ4n) is 3.17. The van der Waals surface area contributed by atoms with Gasteiger partial charge in [0.1, 0.15) is 5.03 Å². The van der Waals surface area contributed by atoms with E-state index in [0.29, 0.717) is 4.90 Å². The number of halogens is 4. The number of amides is 2. The molecule has 174 valence electrons. The summed E-state index contributed by atoms with van der Waals surface area (Å²) >= 11 is 1.02. The second kappa shape index (κ2) is 9.02. The second-order valence-corrected chi connectivity index (χ2v) is 7.97. The lowest BCUT2D eigenvalue weighted by atomic mass is 10.1. The number of H-pyrrole nitrogens is 1. The molecule has 4 aromatic rings. The number of aromatic amines is 1. The zero-order valence-corrected chi connectivity index (χ0v) is 17.8. The molecular formula is C21H14F4N6O2S. The lowest BCUT2D eigenvalue weighted by molar-refractivity contribution is 0.0944. The smallest absolute Gasteiger partial charge is 0.274 e. The van der Waals surface area contributed by atoms with Gasteiger partial charge in [0.15, 0.2) is 34.8 Å². The fourth-order valence-corrected chi connectivity index (χ4v) is 4.06. The SMILES string of the molecule is NC(=O)c1ccccc1Sc1cnc(N)c(C(=O)NCc2c[nH]c3c(F)c(F)c(F)c(F)c23)n1. The summed E-state index contributed by atoms with van der Waals surface area (Å²) in [5.41, 5.74) is 10.5. The molecule has 0 bridgehead atoms.